The van der Waals surface area contributed by atoms with Crippen molar-refractivity contribution >= 4 is 23.5 Å². The van der Waals surface area contributed by atoms with Crippen molar-refractivity contribution in [1.82, 2.24) is 9.80 Å². The first-order valence-electron chi connectivity index (χ1n) is 9.10. The van der Waals surface area contributed by atoms with Crippen LogP contribution < -0.4 is 5.32 Å². The number of benzene rings is 1. The summed E-state index contributed by atoms with van der Waals surface area (Å²) in [5, 5.41) is 2.80. The number of carbonyl (C=O) groups excluding carboxylic acids is 3. The Morgan fingerprint density at radius 1 is 1.11 bits per heavy atom. The molecule has 1 aromatic carbocycles. The van der Waals surface area contributed by atoms with Gasteiger partial charge in [0.05, 0.1) is 18.9 Å². The van der Waals surface area contributed by atoms with E-state index >= 15 is 0 Å². The Labute approximate surface area is 163 Å². The molecule has 0 aliphatic carbocycles. The van der Waals surface area contributed by atoms with Crippen LogP contribution in [-0.4, -0.2) is 67.4 Å². The van der Waals surface area contributed by atoms with Gasteiger partial charge in [-0.2, -0.15) is 0 Å². The molecule has 0 bridgehead atoms. The Morgan fingerprint density at radius 2 is 1.89 bits per heavy atom. The molecule has 3 rings (SSSR count). The first-order chi connectivity index (χ1) is 13.6. The zero-order valence-corrected chi connectivity index (χ0v) is 15.7. The number of nitrogens with zero attached hydrogens (tertiary/aromatic N) is 2. The van der Waals surface area contributed by atoms with Gasteiger partial charge < -0.3 is 19.4 Å². The predicted molar refractivity (Wildman–Crippen MR) is 102 cm³/mol. The minimum atomic E-state index is -0.446. The Hall–Kier alpha value is -3.13. The van der Waals surface area contributed by atoms with Gasteiger partial charge in [0.25, 0.3) is 5.91 Å². The lowest BCUT2D eigenvalue weighted by molar-refractivity contribution is -0.116. The predicted octanol–water partition coefficient (Wildman–Crippen LogP) is 1.85. The first kappa shape index (κ1) is 19.6. The number of piperazine rings is 1. The van der Waals surface area contributed by atoms with E-state index in [9.17, 15) is 14.4 Å². The number of amides is 2. The number of rotatable bonds is 6. The Bertz CT molecular complexity index is 826. The summed E-state index contributed by atoms with van der Waals surface area (Å²) in [6.45, 7) is 3.21. The molecule has 0 spiro atoms. The van der Waals surface area contributed by atoms with Crippen LogP contribution in [0, 0.1) is 0 Å². The minimum absolute atomic E-state index is 0.104. The van der Waals surface area contributed by atoms with Gasteiger partial charge in [-0.3, -0.25) is 14.5 Å². The smallest absolute Gasteiger partial charge is 0.337 e. The second-order valence-electron chi connectivity index (χ2n) is 6.48. The van der Waals surface area contributed by atoms with Gasteiger partial charge >= 0.3 is 5.97 Å². The third-order valence-corrected chi connectivity index (χ3v) is 4.61. The second kappa shape index (κ2) is 9.18. The van der Waals surface area contributed by atoms with Gasteiger partial charge in [-0.05, 0) is 30.3 Å². The number of furan rings is 1. The molecule has 2 amide bonds. The minimum Gasteiger partial charge on any atom is -0.465 e. The van der Waals surface area contributed by atoms with Gasteiger partial charge in [-0.15, -0.1) is 0 Å². The average molecular weight is 385 g/mol. The van der Waals surface area contributed by atoms with Crippen LogP contribution in [0.1, 0.15) is 27.3 Å². The normalized spacial score (nSPS) is 14.5. The molecule has 1 N–H and O–H groups in total. The summed E-state index contributed by atoms with van der Waals surface area (Å²) < 4.78 is 9.83. The highest BCUT2D eigenvalue weighted by atomic mass is 16.5. The van der Waals surface area contributed by atoms with Crippen molar-refractivity contribution in [3.63, 3.8) is 0 Å². The van der Waals surface area contributed by atoms with Crippen molar-refractivity contribution in [2.45, 2.75) is 6.42 Å². The van der Waals surface area contributed by atoms with E-state index in [4.69, 9.17) is 4.42 Å². The maximum atomic E-state index is 12.3. The molecule has 8 nitrogen and oxygen atoms in total. The molecule has 1 aromatic heterocycles. The molecule has 0 saturated carbocycles. The van der Waals surface area contributed by atoms with Crippen molar-refractivity contribution in [2.24, 2.45) is 0 Å². The van der Waals surface area contributed by atoms with Crippen molar-refractivity contribution in [1.29, 1.82) is 0 Å². The van der Waals surface area contributed by atoms with Gasteiger partial charge in [0.1, 0.15) is 0 Å². The topological polar surface area (TPSA) is 92.1 Å². The summed E-state index contributed by atoms with van der Waals surface area (Å²) >= 11 is 0. The van der Waals surface area contributed by atoms with Crippen molar-refractivity contribution in [3.05, 3.63) is 54.0 Å². The van der Waals surface area contributed by atoms with E-state index in [-0.39, 0.29) is 11.8 Å². The van der Waals surface area contributed by atoms with Gasteiger partial charge in [0.2, 0.25) is 5.91 Å². The molecule has 2 heterocycles. The van der Waals surface area contributed by atoms with Crippen LogP contribution in [0.2, 0.25) is 0 Å². The Kier molecular flexibility index (Phi) is 6.44. The average Bonchev–Trinajstić information content (AvgIpc) is 3.26. The highest BCUT2D eigenvalue weighted by Crippen LogP contribution is 2.13. The molecule has 1 fully saturated rings. The monoisotopic (exact) mass is 385 g/mol. The fraction of sp³-hybridized carbons (Fsp3) is 0.350. The second-order valence-corrected chi connectivity index (χ2v) is 6.48. The summed E-state index contributed by atoms with van der Waals surface area (Å²) in [6, 6.07) is 9.99. The zero-order valence-electron chi connectivity index (χ0n) is 15.7. The van der Waals surface area contributed by atoms with Crippen LogP contribution in [-0.2, 0) is 9.53 Å². The van der Waals surface area contributed by atoms with Crippen molar-refractivity contribution < 1.29 is 23.5 Å². The largest absolute Gasteiger partial charge is 0.465 e. The van der Waals surface area contributed by atoms with Crippen LogP contribution in [0.15, 0.2) is 47.1 Å². The lowest BCUT2D eigenvalue weighted by Gasteiger charge is -2.34. The maximum Gasteiger partial charge on any atom is 0.337 e. The van der Waals surface area contributed by atoms with Gasteiger partial charge in [0, 0.05) is 44.8 Å². The number of anilines is 1. The number of esters is 1. The van der Waals surface area contributed by atoms with E-state index in [1.807, 2.05) is 0 Å². The standard InChI is InChI=1S/C20H23N3O5/c1-27-20(26)15-4-2-5-16(14-15)21-18(24)7-8-22-9-11-23(12-10-22)19(25)17-6-3-13-28-17/h2-6,13-14H,7-12H2,1H3,(H,21,24). The third kappa shape index (κ3) is 4.98. The molecular formula is C20H23N3O5. The lowest BCUT2D eigenvalue weighted by atomic mass is 10.2. The fourth-order valence-corrected chi connectivity index (χ4v) is 3.06. The number of carbonyl (C=O) groups is 3. The fourth-order valence-electron chi connectivity index (χ4n) is 3.06. The molecule has 28 heavy (non-hydrogen) atoms. The molecule has 148 valence electrons. The highest BCUT2D eigenvalue weighted by Gasteiger charge is 2.23. The SMILES string of the molecule is COC(=O)c1cccc(NC(=O)CCN2CCN(C(=O)c3ccco3)CC2)c1. The van der Waals surface area contributed by atoms with E-state index in [2.05, 4.69) is 15.0 Å². The summed E-state index contributed by atoms with van der Waals surface area (Å²) in [7, 11) is 1.32. The molecule has 0 unspecified atom stereocenters. The van der Waals surface area contributed by atoms with Crippen LogP contribution in [0.5, 0.6) is 0 Å². The molecule has 1 saturated heterocycles. The summed E-state index contributed by atoms with van der Waals surface area (Å²) in [4.78, 5) is 39.9. The van der Waals surface area contributed by atoms with E-state index < -0.39 is 5.97 Å². The summed E-state index contributed by atoms with van der Waals surface area (Å²) in [5.74, 6) is -0.330. The van der Waals surface area contributed by atoms with Crippen LogP contribution in [0.25, 0.3) is 0 Å². The molecule has 1 aliphatic heterocycles. The van der Waals surface area contributed by atoms with Crippen LogP contribution in [0.4, 0.5) is 5.69 Å². The molecule has 2 aromatic rings. The molecule has 0 radical (unpaired) electrons. The number of ether oxygens (including phenoxy) is 1. The Morgan fingerprint density at radius 3 is 2.57 bits per heavy atom. The molecule has 8 heteroatoms. The van der Waals surface area contributed by atoms with E-state index in [0.29, 0.717) is 56.2 Å². The molecule has 1 aliphatic rings. The summed E-state index contributed by atoms with van der Waals surface area (Å²) in [5.41, 5.74) is 0.944. The van der Waals surface area contributed by atoms with Gasteiger partial charge in [-0.1, -0.05) is 6.07 Å². The Balaban J connectivity index is 1.42. The van der Waals surface area contributed by atoms with Crippen molar-refractivity contribution in [2.75, 3.05) is 45.2 Å². The van der Waals surface area contributed by atoms with Crippen LogP contribution >= 0.6 is 0 Å². The summed E-state index contributed by atoms with van der Waals surface area (Å²) in [6.07, 6.45) is 1.82. The molecule has 0 atom stereocenters. The van der Waals surface area contributed by atoms with Gasteiger partial charge in [0.15, 0.2) is 5.76 Å². The molecular weight excluding hydrogens is 362 g/mol. The van der Waals surface area contributed by atoms with E-state index in [1.54, 1.807) is 41.3 Å². The number of hydrogen-bond acceptors (Lipinski definition) is 6. The third-order valence-electron chi connectivity index (χ3n) is 4.61. The number of methoxy groups -OCH3 is 1. The maximum absolute atomic E-state index is 12.3. The lowest BCUT2D eigenvalue weighted by Crippen LogP contribution is -2.49. The van der Waals surface area contributed by atoms with E-state index in [1.165, 1.54) is 13.4 Å². The van der Waals surface area contributed by atoms with Gasteiger partial charge in [-0.25, -0.2) is 4.79 Å². The van der Waals surface area contributed by atoms with E-state index in [0.717, 1.165) is 0 Å². The quantitative estimate of drug-likeness (QED) is 0.763. The first-order valence-corrected chi connectivity index (χ1v) is 9.10. The van der Waals surface area contributed by atoms with Crippen molar-refractivity contribution in [3.8, 4) is 0 Å². The number of hydrogen-bond donors (Lipinski definition) is 1. The highest BCUT2D eigenvalue weighted by molar-refractivity contribution is 5.94. The zero-order chi connectivity index (χ0) is 19.9. The van der Waals surface area contributed by atoms with Crippen LogP contribution in [0.3, 0.4) is 0 Å². The number of nitrogens with one attached hydrogen (secondary N) is 1.